The second-order valence-corrected chi connectivity index (χ2v) is 6.75. The number of ether oxygens (including phenoxy) is 3. The number of hydrogen-bond donors (Lipinski definition) is 0. The van der Waals surface area contributed by atoms with Gasteiger partial charge in [0.25, 0.3) is 0 Å². The largest absolute Gasteiger partial charge is 0.466 e. The van der Waals surface area contributed by atoms with E-state index in [1.807, 2.05) is 19.1 Å². The molecule has 1 aliphatic rings. The Morgan fingerprint density at radius 2 is 1.92 bits per heavy atom. The highest BCUT2D eigenvalue weighted by molar-refractivity contribution is 5.89. The quantitative estimate of drug-likeness (QED) is 0.662. The lowest BCUT2D eigenvalue weighted by atomic mass is 9.77. The molecule has 1 heterocycles. The molecule has 0 saturated carbocycles. The van der Waals surface area contributed by atoms with Gasteiger partial charge in [0.2, 0.25) is 0 Å². The van der Waals surface area contributed by atoms with E-state index in [2.05, 4.69) is 4.90 Å². The van der Waals surface area contributed by atoms with Crippen LogP contribution < -0.4 is 0 Å². The second kappa shape index (κ2) is 9.69. The van der Waals surface area contributed by atoms with E-state index in [1.54, 1.807) is 19.2 Å². The summed E-state index contributed by atoms with van der Waals surface area (Å²) < 4.78 is 15.3. The van der Waals surface area contributed by atoms with Gasteiger partial charge in [-0.15, -0.1) is 0 Å². The van der Waals surface area contributed by atoms with Gasteiger partial charge in [-0.05, 0) is 50.4 Å². The third-order valence-corrected chi connectivity index (χ3v) is 4.93. The van der Waals surface area contributed by atoms with Gasteiger partial charge in [-0.3, -0.25) is 9.69 Å². The molecule has 0 N–H and O–H groups in total. The Balaban J connectivity index is 2.07. The van der Waals surface area contributed by atoms with Gasteiger partial charge >= 0.3 is 11.9 Å². The molecule has 0 spiro atoms. The number of esters is 2. The minimum absolute atomic E-state index is 0.122. The van der Waals surface area contributed by atoms with E-state index >= 15 is 0 Å². The minimum Gasteiger partial charge on any atom is -0.466 e. The van der Waals surface area contributed by atoms with Crippen LogP contribution in [0.1, 0.15) is 42.1 Å². The van der Waals surface area contributed by atoms with E-state index in [0.717, 1.165) is 31.5 Å². The molecule has 1 fully saturated rings. The summed E-state index contributed by atoms with van der Waals surface area (Å²) in [5, 5.41) is 0. The van der Waals surface area contributed by atoms with Gasteiger partial charge in [-0.25, -0.2) is 4.79 Å². The number of nitrogens with zero attached hydrogens (tertiary/aromatic N) is 1. The summed E-state index contributed by atoms with van der Waals surface area (Å²) in [7, 11) is 3.03. The summed E-state index contributed by atoms with van der Waals surface area (Å²) in [6, 6.07) is 7.41. The van der Waals surface area contributed by atoms with Crippen molar-refractivity contribution in [1.29, 1.82) is 0 Å². The summed E-state index contributed by atoms with van der Waals surface area (Å²) in [4.78, 5) is 26.4. The molecule has 0 aromatic heterocycles. The number of piperidine rings is 1. The molecule has 0 radical (unpaired) electrons. The van der Waals surface area contributed by atoms with Gasteiger partial charge in [-0.2, -0.15) is 0 Å². The fourth-order valence-electron chi connectivity index (χ4n) is 3.54. The lowest BCUT2D eigenvalue weighted by Crippen LogP contribution is -2.48. The first-order valence-electron chi connectivity index (χ1n) is 9.10. The molecule has 1 unspecified atom stereocenters. The number of rotatable bonds is 8. The lowest BCUT2D eigenvalue weighted by molar-refractivity contribution is -0.160. The molecule has 144 valence electrons. The maximum Gasteiger partial charge on any atom is 0.337 e. The maximum atomic E-state index is 12.6. The zero-order chi connectivity index (χ0) is 19.0. The topological polar surface area (TPSA) is 65.1 Å². The Bertz CT molecular complexity index is 601. The number of carbonyl (C=O) groups excluding carboxylic acids is 2. The number of hydrogen-bond acceptors (Lipinski definition) is 6. The van der Waals surface area contributed by atoms with Crippen LogP contribution in [0.15, 0.2) is 24.3 Å². The monoisotopic (exact) mass is 363 g/mol. The Morgan fingerprint density at radius 3 is 2.54 bits per heavy atom. The Labute approximate surface area is 155 Å². The highest BCUT2D eigenvalue weighted by Crippen LogP contribution is 2.35. The molecular weight excluding hydrogens is 334 g/mol. The van der Waals surface area contributed by atoms with Gasteiger partial charge in [0.1, 0.15) is 0 Å². The zero-order valence-electron chi connectivity index (χ0n) is 16.0. The number of likely N-dealkylation sites (tertiary alicyclic amines) is 1. The van der Waals surface area contributed by atoms with Crippen molar-refractivity contribution in [3.05, 3.63) is 35.4 Å². The van der Waals surface area contributed by atoms with E-state index in [-0.39, 0.29) is 11.9 Å². The maximum absolute atomic E-state index is 12.6. The number of benzene rings is 1. The molecule has 26 heavy (non-hydrogen) atoms. The van der Waals surface area contributed by atoms with Crippen LogP contribution in [0.25, 0.3) is 0 Å². The number of methoxy groups -OCH3 is 2. The van der Waals surface area contributed by atoms with Crippen LogP contribution in [0.2, 0.25) is 0 Å². The molecule has 0 amide bonds. The molecule has 6 nitrogen and oxygen atoms in total. The Kier molecular flexibility index (Phi) is 7.60. The van der Waals surface area contributed by atoms with Gasteiger partial charge in [0.15, 0.2) is 0 Å². The molecule has 1 atom stereocenters. The third kappa shape index (κ3) is 5.05. The molecule has 6 heteroatoms. The Hall–Kier alpha value is -1.92. The average molecular weight is 363 g/mol. The third-order valence-electron chi connectivity index (χ3n) is 4.93. The molecule has 2 rings (SSSR count). The van der Waals surface area contributed by atoms with Crippen LogP contribution in [-0.4, -0.2) is 57.4 Å². The average Bonchev–Trinajstić information content (AvgIpc) is 2.67. The SMILES string of the molecule is CCOC(=O)C1(CCOC)CCCN(Cc2ccc(C(=O)OC)cc2)C1. The van der Waals surface area contributed by atoms with Gasteiger partial charge in [0, 0.05) is 26.8 Å². The second-order valence-electron chi connectivity index (χ2n) is 6.75. The summed E-state index contributed by atoms with van der Waals surface area (Å²) in [6.45, 7) is 5.10. The summed E-state index contributed by atoms with van der Waals surface area (Å²) in [5.41, 5.74) is 1.14. The molecule has 1 saturated heterocycles. The van der Waals surface area contributed by atoms with Crippen molar-refractivity contribution in [3.63, 3.8) is 0 Å². The van der Waals surface area contributed by atoms with Crippen LogP contribution in [0.4, 0.5) is 0 Å². The van der Waals surface area contributed by atoms with Crippen LogP contribution in [0, 0.1) is 5.41 Å². The van der Waals surface area contributed by atoms with Crippen molar-refractivity contribution in [2.75, 3.05) is 40.5 Å². The minimum atomic E-state index is -0.504. The predicted molar refractivity (Wildman–Crippen MR) is 97.9 cm³/mol. The predicted octanol–water partition coefficient (Wildman–Crippen LogP) is 2.66. The first kappa shape index (κ1) is 20.4. The first-order chi connectivity index (χ1) is 12.5. The molecule has 1 aliphatic heterocycles. The smallest absolute Gasteiger partial charge is 0.337 e. The molecule has 1 aromatic carbocycles. The van der Waals surface area contributed by atoms with Crippen molar-refractivity contribution in [2.45, 2.75) is 32.7 Å². The van der Waals surface area contributed by atoms with Crippen molar-refractivity contribution in [1.82, 2.24) is 4.90 Å². The lowest BCUT2D eigenvalue weighted by Gasteiger charge is -2.41. The standard InChI is InChI=1S/C20H29NO5/c1-4-26-19(23)20(11-13-24-2)10-5-12-21(15-20)14-16-6-8-17(9-7-16)18(22)25-3/h6-9H,4-5,10-15H2,1-3H3. The van der Waals surface area contributed by atoms with Crippen molar-refractivity contribution in [2.24, 2.45) is 5.41 Å². The van der Waals surface area contributed by atoms with Crippen LogP contribution in [-0.2, 0) is 25.5 Å². The Morgan fingerprint density at radius 1 is 1.19 bits per heavy atom. The van der Waals surface area contributed by atoms with Crippen LogP contribution >= 0.6 is 0 Å². The summed E-state index contributed by atoms with van der Waals surface area (Å²) in [5.74, 6) is -0.460. The summed E-state index contributed by atoms with van der Waals surface area (Å²) >= 11 is 0. The van der Waals surface area contributed by atoms with Gasteiger partial charge in [0.05, 0.1) is 24.7 Å². The van der Waals surface area contributed by atoms with E-state index in [4.69, 9.17) is 14.2 Å². The zero-order valence-corrected chi connectivity index (χ0v) is 16.0. The molecular formula is C20H29NO5. The molecule has 0 aliphatic carbocycles. The van der Waals surface area contributed by atoms with E-state index in [1.165, 1.54) is 7.11 Å². The molecule has 1 aromatic rings. The fraction of sp³-hybridized carbons (Fsp3) is 0.600. The summed E-state index contributed by atoms with van der Waals surface area (Å²) in [6.07, 6.45) is 2.44. The van der Waals surface area contributed by atoms with Gasteiger partial charge < -0.3 is 14.2 Å². The normalized spacial score (nSPS) is 20.6. The fourth-order valence-corrected chi connectivity index (χ4v) is 3.54. The van der Waals surface area contributed by atoms with E-state index in [9.17, 15) is 9.59 Å². The first-order valence-corrected chi connectivity index (χ1v) is 9.10. The van der Waals surface area contributed by atoms with Crippen molar-refractivity contribution < 1.29 is 23.8 Å². The van der Waals surface area contributed by atoms with Gasteiger partial charge in [-0.1, -0.05) is 12.1 Å². The van der Waals surface area contributed by atoms with Crippen LogP contribution in [0.3, 0.4) is 0 Å². The highest BCUT2D eigenvalue weighted by atomic mass is 16.5. The van der Waals surface area contributed by atoms with Crippen molar-refractivity contribution in [3.8, 4) is 0 Å². The van der Waals surface area contributed by atoms with Crippen molar-refractivity contribution >= 4 is 11.9 Å². The van der Waals surface area contributed by atoms with Crippen LogP contribution in [0.5, 0.6) is 0 Å². The highest BCUT2D eigenvalue weighted by Gasteiger charge is 2.43. The van der Waals surface area contributed by atoms with E-state index in [0.29, 0.717) is 31.7 Å². The number of carbonyl (C=O) groups is 2. The molecule has 0 bridgehead atoms. The van der Waals surface area contributed by atoms with E-state index < -0.39 is 5.41 Å².